The highest BCUT2D eigenvalue weighted by Gasteiger charge is 2.25. The number of nitrogens with two attached hydrogens (primary N) is 1. The lowest BCUT2D eigenvalue weighted by Gasteiger charge is -2.05. The van der Waals surface area contributed by atoms with Gasteiger partial charge >= 0.3 is 0 Å². The first-order valence-corrected chi connectivity index (χ1v) is 5.82. The fourth-order valence-corrected chi connectivity index (χ4v) is 2.32. The van der Waals surface area contributed by atoms with E-state index in [1.165, 1.54) is 24.3 Å². The Balaban J connectivity index is 2.05. The van der Waals surface area contributed by atoms with Crippen LogP contribution in [0.5, 0.6) is 0 Å². The van der Waals surface area contributed by atoms with Crippen molar-refractivity contribution in [3.63, 3.8) is 0 Å². The lowest BCUT2D eigenvalue weighted by atomic mass is 10.1. The number of benzene rings is 1. The first-order valence-electron chi connectivity index (χ1n) is 5.82. The van der Waals surface area contributed by atoms with E-state index in [0.717, 1.165) is 25.2 Å². The van der Waals surface area contributed by atoms with E-state index in [4.69, 9.17) is 5.73 Å². The summed E-state index contributed by atoms with van der Waals surface area (Å²) >= 11 is 0. The predicted octanol–water partition coefficient (Wildman–Crippen LogP) is 1.78. The standard InChI is InChI=1S/C13H12FN3O/c14-9-5-3-8(4-6-9)12(18)11-13(15)16-10-2-1-7-17(10)11/h3-6H,1-2,7,15H2. The Bertz CT molecular complexity index is 616. The number of ketones is 1. The predicted molar refractivity (Wildman–Crippen MR) is 64.8 cm³/mol. The van der Waals surface area contributed by atoms with Crippen molar-refractivity contribution in [2.45, 2.75) is 19.4 Å². The Morgan fingerprint density at radius 2 is 2.06 bits per heavy atom. The molecule has 2 aromatic rings. The molecular formula is C13H12FN3O. The SMILES string of the molecule is Nc1nc2n(c1C(=O)c1ccc(F)cc1)CCC2. The summed E-state index contributed by atoms with van der Waals surface area (Å²) in [5.41, 5.74) is 6.65. The Hall–Kier alpha value is -2.17. The van der Waals surface area contributed by atoms with Gasteiger partial charge in [-0.1, -0.05) is 0 Å². The number of hydrogen-bond acceptors (Lipinski definition) is 3. The molecule has 2 heterocycles. The molecule has 0 radical (unpaired) electrons. The van der Waals surface area contributed by atoms with Crippen molar-refractivity contribution < 1.29 is 9.18 Å². The van der Waals surface area contributed by atoms with Gasteiger partial charge in [0.2, 0.25) is 5.78 Å². The minimum atomic E-state index is -0.363. The van der Waals surface area contributed by atoms with Crippen LogP contribution in [0.4, 0.5) is 10.2 Å². The molecule has 1 aromatic heterocycles. The summed E-state index contributed by atoms with van der Waals surface area (Å²) in [5.74, 6) is 0.558. The zero-order valence-corrected chi connectivity index (χ0v) is 9.69. The van der Waals surface area contributed by atoms with Crippen LogP contribution in [0.2, 0.25) is 0 Å². The highest BCUT2D eigenvalue weighted by atomic mass is 19.1. The third-order valence-electron chi connectivity index (χ3n) is 3.18. The van der Waals surface area contributed by atoms with Crippen molar-refractivity contribution >= 4 is 11.6 Å². The molecule has 1 aromatic carbocycles. The van der Waals surface area contributed by atoms with Crippen molar-refractivity contribution in [2.75, 3.05) is 5.73 Å². The van der Waals surface area contributed by atoms with Gasteiger partial charge in [0.1, 0.15) is 17.3 Å². The van der Waals surface area contributed by atoms with E-state index in [-0.39, 0.29) is 17.4 Å². The van der Waals surface area contributed by atoms with Gasteiger partial charge in [-0.05, 0) is 30.7 Å². The molecule has 3 rings (SSSR count). The van der Waals surface area contributed by atoms with Crippen LogP contribution in [-0.4, -0.2) is 15.3 Å². The molecule has 0 amide bonds. The number of halogens is 1. The number of carbonyl (C=O) groups is 1. The van der Waals surface area contributed by atoms with Crippen molar-refractivity contribution in [3.8, 4) is 0 Å². The Labute approximate surface area is 103 Å². The number of carbonyl (C=O) groups excluding carboxylic acids is 1. The van der Waals surface area contributed by atoms with Gasteiger partial charge in [0, 0.05) is 18.5 Å². The lowest BCUT2D eigenvalue weighted by molar-refractivity contribution is 0.103. The first kappa shape index (κ1) is 11.0. The minimum Gasteiger partial charge on any atom is -0.382 e. The molecule has 0 bridgehead atoms. The number of anilines is 1. The van der Waals surface area contributed by atoms with Gasteiger partial charge in [-0.25, -0.2) is 9.37 Å². The largest absolute Gasteiger partial charge is 0.382 e. The zero-order valence-electron chi connectivity index (χ0n) is 9.69. The summed E-state index contributed by atoms with van der Waals surface area (Å²) in [5, 5.41) is 0. The number of nitrogen functional groups attached to an aromatic ring is 1. The van der Waals surface area contributed by atoms with Crippen LogP contribution < -0.4 is 5.73 Å². The molecule has 0 fully saturated rings. The third kappa shape index (κ3) is 1.59. The molecule has 0 atom stereocenters. The van der Waals surface area contributed by atoms with Crippen LogP contribution in [0.1, 0.15) is 28.3 Å². The van der Waals surface area contributed by atoms with E-state index in [1.807, 2.05) is 4.57 Å². The third-order valence-corrected chi connectivity index (χ3v) is 3.18. The van der Waals surface area contributed by atoms with E-state index in [1.54, 1.807) is 0 Å². The molecule has 18 heavy (non-hydrogen) atoms. The Morgan fingerprint density at radius 3 is 2.78 bits per heavy atom. The van der Waals surface area contributed by atoms with Crippen molar-refractivity contribution in [1.29, 1.82) is 0 Å². The van der Waals surface area contributed by atoms with E-state index in [0.29, 0.717) is 11.3 Å². The van der Waals surface area contributed by atoms with Crippen LogP contribution in [0, 0.1) is 5.82 Å². The Morgan fingerprint density at radius 1 is 1.33 bits per heavy atom. The number of imidazole rings is 1. The van der Waals surface area contributed by atoms with Gasteiger partial charge < -0.3 is 10.3 Å². The Kier molecular flexibility index (Phi) is 2.40. The smallest absolute Gasteiger partial charge is 0.213 e. The topological polar surface area (TPSA) is 60.9 Å². The quantitative estimate of drug-likeness (QED) is 0.820. The molecule has 0 saturated heterocycles. The summed E-state index contributed by atoms with van der Waals surface area (Å²) in [6, 6.07) is 5.47. The maximum atomic E-state index is 12.8. The highest BCUT2D eigenvalue weighted by molar-refractivity contribution is 6.10. The van der Waals surface area contributed by atoms with Gasteiger partial charge in [0.25, 0.3) is 0 Å². The number of fused-ring (bicyclic) bond motifs is 1. The van der Waals surface area contributed by atoms with Gasteiger partial charge in [0.05, 0.1) is 0 Å². The molecule has 0 saturated carbocycles. The zero-order chi connectivity index (χ0) is 12.7. The van der Waals surface area contributed by atoms with Crippen LogP contribution >= 0.6 is 0 Å². The summed E-state index contributed by atoms with van der Waals surface area (Å²) < 4.78 is 14.7. The molecule has 92 valence electrons. The van der Waals surface area contributed by atoms with Gasteiger partial charge in [-0.3, -0.25) is 4.79 Å². The number of aryl methyl sites for hydroxylation is 1. The molecule has 0 aliphatic carbocycles. The molecule has 1 aliphatic rings. The summed E-state index contributed by atoms with van der Waals surface area (Å²) in [6.07, 6.45) is 1.83. The highest BCUT2D eigenvalue weighted by Crippen LogP contribution is 2.24. The van der Waals surface area contributed by atoms with Crippen molar-refractivity contribution in [3.05, 3.63) is 47.2 Å². The first-order chi connectivity index (χ1) is 8.66. The maximum absolute atomic E-state index is 12.8. The van der Waals surface area contributed by atoms with Gasteiger partial charge in [-0.15, -0.1) is 0 Å². The summed E-state index contributed by atoms with van der Waals surface area (Å²) in [4.78, 5) is 16.5. The average Bonchev–Trinajstić information content (AvgIpc) is 2.89. The van der Waals surface area contributed by atoms with E-state index in [9.17, 15) is 9.18 Å². The minimum absolute atomic E-state index is 0.201. The molecule has 0 unspecified atom stereocenters. The number of hydrogen-bond donors (Lipinski definition) is 1. The second kappa shape index (κ2) is 3.94. The maximum Gasteiger partial charge on any atom is 0.213 e. The molecule has 4 nitrogen and oxygen atoms in total. The second-order valence-electron chi connectivity index (χ2n) is 4.35. The average molecular weight is 245 g/mol. The molecule has 0 spiro atoms. The van der Waals surface area contributed by atoms with Crippen LogP contribution in [0.3, 0.4) is 0 Å². The van der Waals surface area contributed by atoms with Crippen LogP contribution in [0.15, 0.2) is 24.3 Å². The van der Waals surface area contributed by atoms with Crippen LogP contribution in [0.25, 0.3) is 0 Å². The van der Waals surface area contributed by atoms with E-state index >= 15 is 0 Å². The normalized spacial score (nSPS) is 13.6. The van der Waals surface area contributed by atoms with Crippen molar-refractivity contribution in [1.82, 2.24) is 9.55 Å². The van der Waals surface area contributed by atoms with Crippen molar-refractivity contribution in [2.24, 2.45) is 0 Å². The van der Waals surface area contributed by atoms with Gasteiger partial charge in [-0.2, -0.15) is 0 Å². The van der Waals surface area contributed by atoms with Gasteiger partial charge in [0.15, 0.2) is 5.82 Å². The summed E-state index contributed by atoms with van der Waals surface area (Å²) in [7, 11) is 0. The lowest BCUT2D eigenvalue weighted by Crippen LogP contribution is -2.11. The van der Waals surface area contributed by atoms with E-state index in [2.05, 4.69) is 4.98 Å². The number of nitrogens with zero attached hydrogens (tertiary/aromatic N) is 2. The summed E-state index contributed by atoms with van der Waals surface area (Å²) in [6.45, 7) is 0.766. The number of aromatic nitrogens is 2. The molecule has 1 aliphatic heterocycles. The molecular weight excluding hydrogens is 233 g/mol. The fraction of sp³-hybridized carbons (Fsp3) is 0.231. The monoisotopic (exact) mass is 245 g/mol. The second-order valence-corrected chi connectivity index (χ2v) is 4.35. The fourth-order valence-electron chi connectivity index (χ4n) is 2.32. The number of rotatable bonds is 2. The molecule has 2 N–H and O–H groups in total. The van der Waals surface area contributed by atoms with Crippen LogP contribution in [-0.2, 0) is 13.0 Å². The van der Waals surface area contributed by atoms with E-state index < -0.39 is 0 Å². The molecule has 5 heteroatoms.